The van der Waals surface area contributed by atoms with Crippen molar-refractivity contribution in [2.24, 2.45) is 0 Å². The number of aliphatic hydroxyl groups excluding tert-OH is 1. The van der Waals surface area contributed by atoms with Gasteiger partial charge in [0.15, 0.2) is 5.75 Å². The summed E-state index contributed by atoms with van der Waals surface area (Å²) in [6.07, 6.45) is 3.74. The molecule has 1 heterocycles. The minimum absolute atomic E-state index is 0.107. The van der Waals surface area contributed by atoms with Crippen molar-refractivity contribution in [3.63, 3.8) is 0 Å². The fourth-order valence-electron chi connectivity index (χ4n) is 1.26. The van der Waals surface area contributed by atoms with E-state index in [9.17, 15) is 5.11 Å². The lowest BCUT2D eigenvalue weighted by Gasteiger charge is -2.11. The Kier molecular flexibility index (Phi) is 5.19. The molecule has 0 saturated carbocycles. The van der Waals surface area contributed by atoms with Crippen LogP contribution in [0.15, 0.2) is 6.20 Å². The standard InChI is InChI=1S/C12H20N2O2/c1-4-5-6-16-11-7-13-12(9(2)3)14-10(11)8-15/h7,9,15H,4-6,8H2,1-3H3. The highest BCUT2D eigenvalue weighted by Gasteiger charge is 2.09. The second-order valence-corrected chi connectivity index (χ2v) is 4.05. The summed E-state index contributed by atoms with van der Waals surface area (Å²) in [5, 5.41) is 9.21. The number of aromatic nitrogens is 2. The van der Waals surface area contributed by atoms with E-state index in [0.717, 1.165) is 18.7 Å². The number of unbranched alkanes of at least 4 members (excludes halogenated alkanes) is 1. The molecule has 16 heavy (non-hydrogen) atoms. The highest BCUT2D eigenvalue weighted by molar-refractivity contribution is 5.24. The van der Waals surface area contributed by atoms with Gasteiger partial charge in [0.1, 0.15) is 11.5 Å². The zero-order valence-corrected chi connectivity index (χ0v) is 10.2. The Morgan fingerprint density at radius 1 is 1.44 bits per heavy atom. The van der Waals surface area contributed by atoms with Gasteiger partial charge in [-0.3, -0.25) is 0 Å². The van der Waals surface area contributed by atoms with Gasteiger partial charge in [0.05, 0.1) is 19.4 Å². The first-order valence-corrected chi connectivity index (χ1v) is 5.78. The number of aliphatic hydroxyl groups is 1. The third-order valence-electron chi connectivity index (χ3n) is 2.27. The molecule has 0 amide bonds. The number of hydrogen-bond acceptors (Lipinski definition) is 4. The Morgan fingerprint density at radius 3 is 2.75 bits per heavy atom. The van der Waals surface area contributed by atoms with E-state index in [0.29, 0.717) is 18.1 Å². The van der Waals surface area contributed by atoms with E-state index in [-0.39, 0.29) is 12.5 Å². The molecule has 0 saturated heterocycles. The highest BCUT2D eigenvalue weighted by atomic mass is 16.5. The first-order valence-electron chi connectivity index (χ1n) is 5.78. The lowest BCUT2D eigenvalue weighted by molar-refractivity contribution is 0.253. The molecule has 1 aromatic rings. The SMILES string of the molecule is CCCCOc1cnc(C(C)C)nc1CO. The van der Waals surface area contributed by atoms with E-state index in [1.165, 1.54) is 0 Å². The van der Waals surface area contributed by atoms with Crippen LogP contribution in [0.3, 0.4) is 0 Å². The maximum atomic E-state index is 9.21. The van der Waals surface area contributed by atoms with Crippen molar-refractivity contribution < 1.29 is 9.84 Å². The molecule has 0 aliphatic rings. The van der Waals surface area contributed by atoms with Crippen molar-refractivity contribution >= 4 is 0 Å². The van der Waals surface area contributed by atoms with Gasteiger partial charge in [0, 0.05) is 5.92 Å². The average molecular weight is 224 g/mol. The van der Waals surface area contributed by atoms with Crippen LogP contribution < -0.4 is 4.74 Å². The Labute approximate surface area is 96.7 Å². The average Bonchev–Trinajstić information content (AvgIpc) is 2.29. The molecule has 0 atom stereocenters. The van der Waals surface area contributed by atoms with E-state index < -0.39 is 0 Å². The Morgan fingerprint density at radius 2 is 2.19 bits per heavy atom. The summed E-state index contributed by atoms with van der Waals surface area (Å²) in [5.74, 6) is 1.60. The maximum absolute atomic E-state index is 9.21. The summed E-state index contributed by atoms with van der Waals surface area (Å²) >= 11 is 0. The van der Waals surface area contributed by atoms with Gasteiger partial charge in [0.25, 0.3) is 0 Å². The minimum Gasteiger partial charge on any atom is -0.490 e. The second-order valence-electron chi connectivity index (χ2n) is 4.05. The molecule has 4 heteroatoms. The molecule has 0 radical (unpaired) electrons. The van der Waals surface area contributed by atoms with Crippen molar-refractivity contribution in [1.82, 2.24) is 9.97 Å². The largest absolute Gasteiger partial charge is 0.490 e. The van der Waals surface area contributed by atoms with E-state index in [1.807, 2.05) is 13.8 Å². The van der Waals surface area contributed by atoms with Gasteiger partial charge in [-0.15, -0.1) is 0 Å². The molecule has 4 nitrogen and oxygen atoms in total. The lowest BCUT2D eigenvalue weighted by atomic mass is 10.2. The van der Waals surface area contributed by atoms with E-state index >= 15 is 0 Å². The van der Waals surface area contributed by atoms with E-state index in [1.54, 1.807) is 6.20 Å². The Balaban J connectivity index is 2.76. The van der Waals surface area contributed by atoms with Crippen LogP contribution in [0.1, 0.15) is 51.0 Å². The Hall–Kier alpha value is -1.16. The highest BCUT2D eigenvalue weighted by Crippen LogP contribution is 2.18. The molecular weight excluding hydrogens is 204 g/mol. The van der Waals surface area contributed by atoms with Crippen LogP contribution >= 0.6 is 0 Å². The summed E-state index contributed by atoms with van der Waals surface area (Å²) in [6, 6.07) is 0. The molecule has 0 aliphatic heterocycles. The topological polar surface area (TPSA) is 55.2 Å². The fourth-order valence-corrected chi connectivity index (χ4v) is 1.26. The summed E-state index contributed by atoms with van der Waals surface area (Å²) in [4.78, 5) is 8.50. The van der Waals surface area contributed by atoms with Crippen molar-refractivity contribution in [2.45, 2.75) is 46.1 Å². The van der Waals surface area contributed by atoms with Gasteiger partial charge in [-0.25, -0.2) is 9.97 Å². The van der Waals surface area contributed by atoms with Crippen molar-refractivity contribution in [3.05, 3.63) is 17.7 Å². The van der Waals surface area contributed by atoms with Gasteiger partial charge < -0.3 is 9.84 Å². The molecule has 0 spiro atoms. The second kappa shape index (κ2) is 6.43. The van der Waals surface area contributed by atoms with Crippen LogP contribution in [0.5, 0.6) is 5.75 Å². The molecule has 0 bridgehead atoms. The third-order valence-corrected chi connectivity index (χ3v) is 2.27. The van der Waals surface area contributed by atoms with Crippen LogP contribution in [-0.4, -0.2) is 21.7 Å². The van der Waals surface area contributed by atoms with E-state index in [4.69, 9.17) is 4.74 Å². The van der Waals surface area contributed by atoms with Crippen molar-refractivity contribution in [1.29, 1.82) is 0 Å². The number of ether oxygens (including phenoxy) is 1. The maximum Gasteiger partial charge on any atom is 0.161 e. The van der Waals surface area contributed by atoms with Crippen LogP contribution in [-0.2, 0) is 6.61 Å². The first-order chi connectivity index (χ1) is 7.69. The van der Waals surface area contributed by atoms with Gasteiger partial charge in [-0.05, 0) is 6.42 Å². The monoisotopic (exact) mass is 224 g/mol. The van der Waals surface area contributed by atoms with Crippen LogP contribution in [0.25, 0.3) is 0 Å². The van der Waals surface area contributed by atoms with Gasteiger partial charge in [0.2, 0.25) is 0 Å². The van der Waals surface area contributed by atoms with Crippen molar-refractivity contribution in [2.75, 3.05) is 6.61 Å². The number of nitrogens with zero attached hydrogens (tertiary/aromatic N) is 2. The van der Waals surface area contributed by atoms with Crippen LogP contribution in [0, 0.1) is 0 Å². The van der Waals surface area contributed by atoms with Gasteiger partial charge in [-0.2, -0.15) is 0 Å². The molecule has 90 valence electrons. The van der Waals surface area contributed by atoms with E-state index in [2.05, 4.69) is 16.9 Å². The smallest absolute Gasteiger partial charge is 0.161 e. The predicted octanol–water partition coefficient (Wildman–Crippen LogP) is 2.27. The summed E-state index contributed by atoms with van der Waals surface area (Å²) in [5.41, 5.74) is 0.579. The molecule has 0 aromatic carbocycles. The molecule has 1 N–H and O–H groups in total. The zero-order valence-electron chi connectivity index (χ0n) is 10.2. The molecule has 0 unspecified atom stereocenters. The summed E-state index contributed by atoms with van der Waals surface area (Å²) in [7, 11) is 0. The quantitative estimate of drug-likeness (QED) is 0.753. The predicted molar refractivity (Wildman–Crippen MR) is 62.4 cm³/mol. The first kappa shape index (κ1) is 12.9. The van der Waals surface area contributed by atoms with Gasteiger partial charge in [-0.1, -0.05) is 27.2 Å². The number of rotatable bonds is 6. The lowest BCUT2D eigenvalue weighted by Crippen LogP contribution is -2.06. The van der Waals surface area contributed by atoms with Crippen molar-refractivity contribution in [3.8, 4) is 5.75 Å². The normalized spacial score (nSPS) is 10.8. The number of hydrogen-bond donors (Lipinski definition) is 1. The summed E-state index contributed by atoms with van der Waals surface area (Å²) < 4.78 is 5.52. The Bertz CT molecular complexity index is 327. The molecule has 1 rings (SSSR count). The zero-order chi connectivity index (χ0) is 12.0. The fraction of sp³-hybridized carbons (Fsp3) is 0.667. The van der Waals surface area contributed by atoms with Crippen LogP contribution in [0.4, 0.5) is 0 Å². The minimum atomic E-state index is -0.107. The van der Waals surface area contributed by atoms with Gasteiger partial charge >= 0.3 is 0 Å². The third kappa shape index (κ3) is 3.45. The molecular formula is C12H20N2O2. The van der Waals surface area contributed by atoms with Crippen LogP contribution in [0.2, 0.25) is 0 Å². The molecule has 0 aliphatic carbocycles. The summed E-state index contributed by atoms with van der Waals surface area (Å²) in [6.45, 7) is 6.69. The molecule has 1 aromatic heterocycles. The molecule has 0 fully saturated rings.